The van der Waals surface area contributed by atoms with Crippen LogP contribution in [0.15, 0.2) is 48.8 Å². The molecular weight excluding hydrogens is 248 g/mol. The first kappa shape index (κ1) is 14.0. The van der Waals surface area contributed by atoms with Gasteiger partial charge in [-0.25, -0.2) is 0 Å². The molecule has 0 radical (unpaired) electrons. The number of carbonyl (C=O) groups is 1. The van der Waals surface area contributed by atoms with Gasteiger partial charge in [-0.2, -0.15) is 5.26 Å². The number of Topliss-reactive ketones (excluding diaryl/α,β-unsaturated/α-hetero) is 1. The largest absolute Gasteiger partial charge is 0.298 e. The van der Waals surface area contributed by atoms with E-state index in [9.17, 15) is 10.1 Å². The van der Waals surface area contributed by atoms with Crippen LogP contribution >= 0.6 is 0 Å². The SMILES string of the molecule is Cc1cccc(CCC(=O)C(C#N)c2ccncc2)c1. The van der Waals surface area contributed by atoms with Crippen molar-refractivity contribution in [3.8, 4) is 6.07 Å². The normalized spacial score (nSPS) is 11.6. The van der Waals surface area contributed by atoms with Gasteiger partial charge in [0.1, 0.15) is 5.92 Å². The molecule has 3 nitrogen and oxygen atoms in total. The van der Waals surface area contributed by atoms with E-state index in [2.05, 4.69) is 17.1 Å². The fourth-order valence-electron chi connectivity index (χ4n) is 2.17. The maximum atomic E-state index is 12.2. The Kier molecular flexibility index (Phi) is 4.62. The Labute approximate surface area is 118 Å². The van der Waals surface area contributed by atoms with Crippen LogP contribution in [-0.4, -0.2) is 10.8 Å². The Morgan fingerprint density at radius 2 is 2.05 bits per heavy atom. The molecule has 0 bridgehead atoms. The molecule has 1 aromatic heterocycles. The highest BCUT2D eigenvalue weighted by molar-refractivity contribution is 5.88. The molecule has 3 heteroatoms. The summed E-state index contributed by atoms with van der Waals surface area (Å²) in [6.07, 6.45) is 4.26. The van der Waals surface area contributed by atoms with Crippen molar-refractivity contribution in [1.82, 2.24) is 4.98 Å². The van der Waals surface area contributed by atoms with E-state index < -0.39 is 5.92 Å². The number of carbonyl (C=O) groups excluding carboxylic acids is 1. The molecule has 2 rings (SSSR count). The van der Waals surface area contributed by atoms with Crippen LogP contribution in [0.1, 0.15) is 29.0 Å². The van der Waals surface area contributed by atoms with Gasteiger partial charge in [-0.05, 0) is 36.6 Å². The van der Waals surface area contributed by atoms with Crippen molar-refractivity contribution >= 4 is 5.78 Å². The molecule has 2 aromatic rings. The Hall–Kier alpha value is -2.47. The lowest BCUT2D eigenvalue weighted by atomic mass is 9.93. The number of hydrogen-bond donors (Lipinski definition) is 0. The maximum Gasteiger partial charge on any atom is 0.154 e. The van der Waals surface area contributed by atoms with Gasteiger partial charge in [0.25, 0.3) is 0 Å². The summed E-state index contributed by atoms with van der Waals surface area (Å²) in [5.74, 6) is -0.733. The molecule has 1 atom stereocenters. The number of nitriles is 1. The predicted octanol–water partition coefficient (Wildman–Crippen LogP) is 3.20. The van der Waals surface area contributed by atoms with Crippen LogP contribution in [-0.2, 0) is 11.2 Å². The number of benzene rings is 1. The summed E-state index contributed by atoms with van der Waals surface area (Å²) in [6.45, 7) is 2.03. The minimum absolute atomic E-state index is 0.0415. The van der Waals surface area contributed by atoms with Gasteiger partial charge in [0, 0.05) is 18.8 Å². The Balaban J connectivity index is 2.02. The molecule has 1 unspecified atom stereocenters. The molecule has 1 heterocycles. The van der Waals surface area contributed by atoms with Gasteiger partial charge in [-0.3, -0.25) is 9.78 Å². The number of nitrogens with zero attached hydrogens (tertiary/aromatic N) is 2. The Morgan fingerprint density at radius 1 is 1.30 bits per heavy atom. The van der Waals surface area contributed by atoms with Crippen molar-refractivity contribution < 1.29 is 4.79 Å². The highest BCUT2D eigenvalue weighted by Gasteiger charge is 2.19. The second-order valence-electron chi connectivity index (χ2n) is 4.80. The second-order valence-corrected chi connectivity index (χ2v) is 4.80. The molecule has 1 aromatic carbocycles. The van der Waals surface area contributed by atoms with Crippen LogP contribution in [0.3, 0.4) is 0 Å². The molecule has 0 amide bonds. The van der Waals surface area contributed by atoms with Gasteiger partial charge < -0.3 is 0 Å². The summed E-state index contributed by atoms with van der Waals surface area (Å²) in [5.41, 5.74) is 3.03. The third-order valence-corrected chi connectivity index (χ3v) is 3.23. The van der Waals surface area contributed by atoms with E-state index in [0.717, 1.165) is 11.1 Å². The molecule has 100 valence electrons. The van der Waals surface area contributed by atoms with Crippen LogP contribution in [0.5, 0.6) is 0 Å². The molecule has 0 aliphatic rings. The van der Waals surface area contributed by atoms with Crippen LogP contribution in [0.2, 0.25) is 0 Å². The fourth-order valence-corrected chi connectivity index (χ4v) is 2.17. The third kappa shape index (κ3) is 3.52. The van der Waals surface area contributed by atoms with Crippen molar-refractivity contribution in [2.75, 3.05) is 0 Å². The van der Waals surface area contributed by atoms with Crippen molar-refractivity contribution in [1.29, 1.82) is 5.26 Å². The summed E-state index contributed by atoms with van der Waals surface area (Å²) in [4.78, 5) is 16.1. The number of rotatable bonds is 5. The first-order valence-corrected chi connectivity index (χ1v) is 6.58. The lowest BCUT2D eigenvalue weighted by molar-refractivity contribution is -0.119. The van der Waals surface area contributed by atoms with Crippen molar-refractivity contribution in [2.45, 2.75) is 25.7 Å². The van der Waals surface area contributed by atoms with Gasteiger partial charge in [0.2, 0.25) is 0 Å². The fraction of sp³-hybridized carbons (Fsp3) is 0.235. The molecule has 0 spiro atoms. The van der Waals surface area contributed by atoms with E-state index in [-0.39, 0.29) is 5.78 Å². The Bertz CT molecular complexity index is 629. The smallest absolute Gasteiger partial charge is 0.154 e. The van der Waals surface area contributed by atoms with Gasteiger partial charge in [0.15, 0.2) is 5.78 Å². The third-order valence-electron chi connectivity index (χ3n) is 3.23. The van der Waals surface area contributed by atoms with Gasteiger partial charge in [-0.15, -0.1) is 0 Å². The first-order chi connectivity index (χ1) is 9.70. The first-order valence-electron chi connectivity index (χ1n) is 6.58. The van der Waals surface area contributed by atoms with E-state index in [1.807, 2.05) is 25.1 Å². The quantitative estimate of drug-likeness (QED) is 0.833. The minimum Gasteiger partial charge on any atom is -0.298 e. The highest BCUT2D eigenvalue weighted by Crippen LogP contribution is 2.18. The molecule has 20 heavy (non-hydrogen) atoms. The molecule has 0 N–H and O–H groups in total. The van der Waals surface area contributed by atoms with Gasteiger partial charge in [-0.1, -0.05) is 29.8 Å². The zero-order valence-corrected chi connectivity index (χ0v) is 11.4. The van der Waals surface area contributed by atoms with Crippen molar-refractivity contribution in [3.05, 3.63) is 65.5 Å². The average molecular weight is 264 g/mol. The molecular formula is C17H16N2O. The number of aromatic nitrogens is 1. The van der Waals surface area contributed by atoms with E-state index in [1.165, 1.54) is 5.56 Å². The van der Waals surface area contributed by atoms with Gasteiger partial charge in [0.05, 0.1) is 6.07 Å². The monoisotopic (exact) mass is 264 g/mol. The predicted molar refractivity (Wildman–Crippen MR) is 77.1 cm³/mol. The summed E-state index contributed by atoms with van der Waals surface area (Å²) in [7, 11) is 0. The van der Waals surface area contributed by atoms with Crippen LogP contribution in [0.25, 0.3) is 0 Å². The van der Waals surface area contributed by atoms with Crippen molar-refractivity contribution in [2.24, 2.45) is 0 Å². The number of hydrogen-bond acceptors (Lipinski definition) is 3. The summed E-state index contributed by atoms with van der Waals surface area (Å²) >= 11 is 0. The summed E-state index contributed by atoms with van der Waals surface area (Å²) < 4.78 is 0. The van der Waals surface area contributed by atoms with Crippen molar-refractivity contribution in [3.63, 3.8) is 0 Å². The standard InChI is InChI=1S/C17H16N2O/c1-13-3-2-4-14(11-13)5-6-17(20)16(12-18)15-7-9-19-10-8-15/h2-4,7-11,16H,5-6H2,1H3. The molecule has 0 saturated carbocycles. The Morgan fingerprint density at radius 3 is 2.70 bits per heavy atom. The van der Waals surface area contributed by atoms with E-state index >= 15 is 0 Å². The minimum atomic E-state index is -0.692. The van der Waals surface area contributed by atoms with Gasteiger partial charge >= 0.3 is 0 Å². The van der Waals surface area contributed by atoms with E-state index in [1.54, 1.807) is 24.5 Å². The van der Waals surface area contributed by atoms with Crippen LogP contribution in [0, 0.1) is 18.3 Å². The van der Waals surface area contributed by atoms with E-state index in [4.69, 9.17) is 0 Å². The lowest BCUT2D eigenvalue weighted by Gasteiger charge is -2.08. The zero-order chi connectivity index (χ0) is 14.4. The zero-order valence-electron chi connectivity index (χ0n) is 11.4. The van der Waals surface area contributed by atoms with Crippen LogP contribution < -0.4 is 0 Å². The lowest BCUT2D eigenvalue weighted by Crippen LogP contribution is -2.11. The summed E-state index contributed by atoms with van der Waals surface area (Å²) in [5, 5.41) is 9.20. The highest BCUT2D eigenvalue weighted by atomic mass is 16.1. The molecule has 0 fully saturated rings. The van der Waals surface area contributed by atoms with Crippen LogP contribution in [0.4, 0.5) is 0 Å². The number of aryl methyl sites for hydroxylation is 2. The second kappa shape index (κ2) is 6.63. The molecule has 0 aliphatic heterocycles. The summed E-state index contributed by atoms with van der Waals surface area (Å²) in [6, 6.07) is 13.6. The number of pyridine rings is 1. The van der Waals surface area contributed by atoms with E-state index in [0.29, 0.717) is 12.8 Å². The maximum absolute atomic E-state index is 12.2. The average Bonchev–Trinajstić information content (AvgIpc) is 2.47. The topological polar surface area (TPSA) is 53.8 Å². The number of ketones is 1. The molecule has 0 saturated heterocycles. The molecule has 0 aliphatic carbocycles.